The van der Waals surface area contributed by atoms with Gasteiger partial charge in [0.2, 0.25) is 11.1 Å². The van der Waals surface area contributed by atoms with Crippen LogP contribution in [0.15, 0.2) is 23.4 Å². The van der Waals surface area contributed by atoms with Gasteiger partial charge in [-0.1, -0.05) is 49.9 Å². The summed E-state index contributed by atoms with van der Waals surface area (Å²) in [5, 5.41) is 10.8. The quantitative estimate of drug-likeness (QED) is 0.553. The Balaban J connectivity index is 1.50. The number of amides is 1. The molecule has 1 aliphatic carbocycles. The van der Waals surface area contributed by atoms with Crippen LogP contribution in [0.3, 0.4) is 0 Å². The zero-order chi connectivity index (χ0) is 19.2. The summed E-state index contributed by atoms with van der Waals surface area (Å²) in [6, 6.07) is 3.41. The number of rotatable bonds is 7. The first kappa shape index (κ1) is 19.6. The molecule has 146 valence electrons. The predicted octanol–water partition coefficient (Wildman–Crippen LogP) is 3.51. The molecule has 3 rings (SSSR count). The van der Waals surface area contributed by atoms with Gasteiger partial charge in [0, 0.05) is 6.42 Å². The van der Waals surface area contributed by atoms with E-state index < -0.39 is 23.2 Å². The molecule has 0 bridgehead atoms. The third kappa shape index (κ3) is 5.18. The highest BCUT2D eigenvalue weighted by Gasteiger charge is 2.17. The molecule has 1 aromatic carbocycles. The van der Waals surface area contributed by atoms with Crippen molar-refractivity contribution < 1.29 is 13.6 Å². The number of nitrogens with two attached hydrogens (primary N) is 1. The molecule has 1 fully saturated rings. The summed E-state index contributed by atoms with van der Waals surface area (Å²) in [5.41, 5.74) is -0.453. The molecule has 0 atom stereocenters. The van der Waals surface area contributed by atoms with E-state index in [0.29, 0.717) is 16.9 Å². The second-order valence-electron chi connectivity index (χ2n) is 6.75. The topological polar surface area (TPSA) is 85.8 Å². The van der Waals surface area contributed by atoms with Crippen molar-refractivity contribution in [2.24, 2.45) is 5.92 Å². The fourth-order valence-corrected chi connectivity index (χ4v) is 3.98. The summed E-state index contributed by atoms with van der Waals surface area (Å²) < 4.78 is 28.5. The van der Waals surface area contributed by atoms with Crippen molar-refractivity contribution in [1.82, 2.24) is 14.9 Å². The van der Waals surface area contributed by atoms with Gasteiger partial charge < -0.3 is 11.2 Å². The van der Waals surface area contributed by atoms with Gasteiger partial charge in [0.15, 0.2) is 5.82 Å². The minimum atomic E-state index is -0.819. The zero-order valence-electron chi connectivity index (χ0n) is 15.0. The van der Waals surface area contributed by atoms with Gasteiger partial charge in [-0.15, -0.1) is 10.2 Å². The zero-order valence-corrected chi connectivity index (χ0v) is 15.8. The molecule has 6 nitrogen and oxygen atoms in total. The number of anilines is 1. The maximum absolute atomic E-state index is 13.6. The highest BCUT2D eigenvalue weighted by molar-refractivity contribution is 7.99. The van der Waals surface area contributed by atoms with Crippen molar-refractivity contribution in [3.63, 3.8) is 0 Å². The first-order valence-electron chi connectivity index (χ1n) is 9.10. The SMILES string of the molecule is Nn1c(CCC2CCCCC2)nnc1SCC(=O)Nc1c(F)cccc1F. The number of halogens is 2. The average Bonchev–Trinajstić information content (AvgIpc) is 3.02. The smallest absolute Gasteiger partial charge is 0.235 e. The van der Waals surface area contributed by atoms with Crippen LogP contribution in [0.25, 0.3) is 0 Å². The molecule has 1 aliphatic rings. The van der Waals surface area contributed by atoms with E-state index in [1.54, 1.807) is 0 Å². The van der Waals surface area contributed by atoms with Crippen molar-refractivity contribution in [2.45, 2.75) is 50.1 Å². The molecule has 0 radical (unpaired) electrons. The number of carbonyl (C=O) groups excluding carboxylic acids is 1. The van der Waals surface area contributed by atoms with Crippen LogP contribution in [-0.2, 0) is 11.2 Å². The number of aromatic nitrogens is 3. The van der Waals surface area contributed by atoms with Crippen molar-refractivity contribution in [1.29, 1.82) is 0 Å². The number of aryl methyl sites for hydroxylation is 1. The molecule has 0 unspecified atom stereocenters. The Morgan fingerprint density at radius 2 is 1.93 bits per heavy atom. The van der Waals surface area contributed by atoms with Crippen molar-refractivity contribution >= 4 is 23.4 Å². The number of hydrogen-bond acceptors (Lipinski definition) is 5. The van der Waals surface area contributed by atoms with Gasteiger partial charge in [-0.2, -0.15) is 0 Å². The van der Waals surface area contributed by atoms with E-state index in [0.717, 1.165) is 36.7 Å². The summed E-state index contributed by atoms with van der Waals surface area (Å²) in [4.78, 5) is 12.0. The number of benzene rings is 1. The Labute approximate surface area is 160 Å². The average molecular weight is 395 g/mol. The van der Waals surface area contributed by atoms with E-state index >= 15 is 0 Å². The van der Waals surface area contributed by atoms with Gasteiger partial charge in [-0.3, -0.25) is 4.79 Å². The van der Waals surface area contributed by atoms with Crippen LogP contribution in [0, 0.1) is 17.6 Å². The molecular weight excluding hydrogens is 372 g/mol. The van der Waals surface area contributed by atoms with Crippen LogP contribution >= 0.6 is 11.8 Å². The molecule has 9 heteroatoms. The summed E-state index contributed by atoms with van der Waals surface area (Å²) >= 11 is 1.08. The van der Waals surface area contributed by atoms with Crippen LogP contribution in [-0.4, -0.2) is 26.5 Å². The summed E-state index contributed by atoms with van der Waals surface area (Å²) in [6.07, 6.45) is 8.20. The summed E-state index contributed by atoms with van der Waals surface area (Å²) in [6.45, 7) is 0. The fraction of sp³-hybridized carbons (Fsp3) is 0.500. The number of nitrogens with one attached hydrogen (secondary N) is 1. The maximum atomic E-state index is 13.6. The number of nitrogen functional groups attached to an aromatic ring is 1. The van der Waals surface area contributed by atoms with E-state index in [2.05, 4.69) is 15.5 Å². The van der Waals surface area contributed by atoms with Crippen molar-refractivity contribution in [3.05, 3.63) is 35.7 Å². The summed E-state index contributed by atoms with van der Waals surface area (Å²) in [5.74, 6) is 5.16. The predicted molar refractivity (Wildman–Crippen MR) is 101 cm³/mol. The number of hydrogen-bond donors (Lipinski definition) is 2. The van der Waals surface area contributed by atoms with Gasteiger partial charge in [-0.25, -0.2) is 13.5 Å². The first-order valence-corrected chi connectivity index (χ1v) is 10.1. The molecular formula is C18H23F2N5OS. The Kier molecular flexibility index (Phi) is 6.65. The van der Waals surface area contributed by atoms with Crippen LogP contribution in [0.5, 0.6) is 0 Å². The largest absolute Gasteiger partial charge is 0.336 e. The second kappa shape index (κ2) is 9.16. The fourth-order valence-electron chi connectivity index (χ4n) is 3.31. The Morgan fingerprint density at radius 3 is 2.63 bits per heavy atom. The van der Waals surface area contributed by atoms with E-state index in [1.807, 2.05) is 0 Å². The van der Waals surface area contributed by atoms with Crippen LogP contribution < -0.4 is 11.2 Å². The first-order chi connectivity index (χ1) is 13.0. The molecule has 1 amide bonds. The van der Waals surface area contributed by atoms with Gasteiger partial charge in [0.1, 0.15) is 17.3 Å². The lowest BCUT2D eigenvalue weighted by Gasteiger charge is -2.20. The molecule has 27 heavy (non-hydrogen) atoms. The molecule has 0 saturated heterocycles. The lowest BCUT2D eigenvalue weighted by molar-refractivity contribution is -0.113. The van der Waals surface area contributed by atoms with Crippen molar-refractivity contribution in [3.8, 4) is 0 Å². The highest BCUT2D eigenvalue weighted by atomic mass is 32.2. The van der Waals surface area contributed by atoms with Crippen LogP contribution in [0.2, 0.25) is 0 Å². The lowest BCUT2D eigenvalue weighted by Crippen LogP contribution is -2.19. The van der Waals surface area contributed by atoms with Gasteiger partial charge >= 0.3 is 0 Å². The molecule has 0 spiro atoms. The van der Waals surface area contributed by atoms with Crippen LogP contribution in [0.1, 0.15) is 44.3 Å². The molecule has 3 N–H and O–H groups in total. The third-order valence-corrected chi connectivity index (χ3v) is 5.74. The molecule has 1 saturated carbocycles. The maximum Gasteiger partial charge on any atom is 0.235 e. The molecule has 1 heterocycles. The van der Waals surface area contributed by atoms with E-state index in [4.69, 9.17) is 5.84 Å². The second-order valence-corrected chi connectivity index (χ2v) is 7.69. The molecule has 1 aromatic heterocycles. The number of carbonyl (C=O) groups is 1. The molecule has 2 aromatic rings. The van der Waals surface area contributed by atoms with Crippen molar-refractivity contribution in [2.75, 3.05) is 16.9 Å². The monoisotopic (exact) mass is 395 g/mol. The highest BCUT2D eigenvalue weighted by Crippen LogP contribution is 2.27. The minimum absolute atomic E-state index is 0.0776. The van der Waals surface area contributed by atoms with E-state index in [9.17, 15) is 13.6 Å². The number of nitrogens with zero attached hydrogens (tertiary/aromatic N) is 3. The summed E-state index contributed by atoms with van der Waals surface area (Å²) in [7, 11) is 0. The Hall–Kier alpha value is -2.16. The number of thioether (sulfide) groups is 1. The Morgan fingerprint density at radius 1 is 1.22 bits per heavy atom. The van der Waals surface area contributed by atoms with E-state index in [1.165, 1.54) is 42.8 Å². The normalized spacial score (nSPS) is 15.0. The third-order valence-electron chi connectivity index (χ3n) is 4.80. The van der Waals surface area contributed by atoms with Gasteiger partial charge in [0.25, 0.3) is 0 Å². The van der Waals surface area contributed by atoms with Gasteiger partial charge in [0.05, 0.1) is 5.75 Å². The molecule has 0 aliphatic heterocycles. The lowest BCUT2D eigenvalue weighted by atomic mass is 9.86. The van der Waals surface area contributed by atoms with Crippen LogP contribution in [0.4, 0.5) is 14.5 Å². The van der Waals surface area contributed by atoms with Gasteiger partial charge in [-0.05, 0) is 24.5 Å². The number of para-hydroxylation sites is 1. The minimum Gasteiger partial charge on any atom is -0.336 e. The Bertz CT molecular complexity index is 772. The van der Waals surface area contributed by atoms with E-state index in [-0.39, 0.29) is 5.75 Å². The standard InChI is InChI=1S/C18H23F2N5OS/c19-13-7-4-8-14(20)17(13)22-16(26)11-27-18-24-23-15(25(18)21)10-9-12-5-2-1-3-6-12/h4,7-8,12H,1-3,5-6,9-11,21H2,(H,22,26).